The summed E-state index contributed by atoms with van der Waals surface area (Å²) in [5.41, 5.74) is 3.86. The molecule has 24 heavy (non-hydrogen) atoms. The summed E-state index contributed by atoms with van der Waals surface area (Å²) in [4.78, 5) is 9.13. The minimum atomic E-state index is 0.670. The van der Waals surface area contributed by atoms with Crippen molar-refractivity contribution in [3.8, 4) is 5.69 Å². The van der Waals surface area contributed by atoms with E-state index in [0.29, 0.717) is 5.82 Å². The molecule has 0 unspecified atom stereocenters. The smallest absolute Gasteiger partial charge is 0.167 e. The van der Waals surface area contributed by atoms with Gasteiger partial charge in [0, 0.05) is 6.20 Å². The average Bonchev–Trinajstić information content (AvgIpc) is 2.98. The van der Waals surface area contributed by atoms with E-state index in [9.17, 15) is 0 Å². The van der Waals surface area contributed by atoms with Crippen molar-refractivity contribution < 1.29 is 0 Å². The Kier molecular flexibility index (Phi) is 3.63. The standard InChI is InChI=1S/C20H16N4/c1-15-18-14-21-19(13-12-16-8-4-2-5-9-16)22-20(18)24(23-15)17-10-6-3-7-11-17/h2-14H,1H3. The molecule has 4 heteroatoms. The molecule has 0 spiro atoms. The molecule has 0 saturated carbocycles. The normalized spacial score (nSPS) is 11.4. The third-order valence-electron chi connectivity index (χ3n) is 3.85. The highest BCUT2D eigenvalue weighted by atomic mass is 15.3. The molecular formula is C20H16N4. The molecule has 0 N–H and O–H groups in total. The second kappa shape index (κ2) is 6.08. The summed E-state index contributed by atoms with van der Waals surface area (Å²) in [6, 6.07) is 20.1. The maximum atomic E-state index is 4.69. The van der Waals surface area contributed by atoms with Gasteiger partial charge in [0.05, 0.1) is 16.8 Å². The van der Waals surface area contributed by atoms with Crippen LogP contribution in [-0.2, 0) is 0 Å². The molecule has 0 bridgehead atoms. The lowest BCUT2D eigenvalue weighted by atomic mass is 10.2. The molecule has 2 aromatic carbocycles. The first kappa shape index (κ1) is 14.3. The topological polar surface area (TPSA) is 43.6 Å². The van der Waals surface area contributed by atoms with E-state index in [-0.39, 0.29) is 0 Å². The molecule has 0 aliphatic carbocycles. The van der Waals surface area contributed by atoms with Crippen LogP contribution in [-0.4, -0.2) is 19.7 Å². The van der Waals surface area contributed by atoms with Crippen LogP contribution in [0.1, 0.15) is 17.1 Å². The number of aryl methyl sites for hydroxylation is 1. The van der Waals surface area contributed by atoms with E-state index < -0.39 is 0 Å². The lowest BCUT2D eigenvalue weighted by Gasteiger charge is -2.02. The van der Waals surface area contributed by atoms with Gasteiger partial charge >= 0.3 is 0 Å². The predicted octanol–water partition coefficient (Wildman–Crippen LogP) is 4.29. The zero-order valence-corrected chi connectivity index (χ0v) is 13.3. The fourth-order valence-electron chi connectivity index (χ4n) is 2.62. The van der Waals surface area contributed by atoms with E-state index in [0.717, 1.165) is 28.0 Å². The summed E-state index contributed by atoms with van der Waals surface area (Å²) in [6.07, 6.45) is 5.78. The van der Waals surface area contributed by atoms with Crippen molar-refractivity contribution in [1.82, 2.24) is 19.7 Å². The summed E-state index contributed by atoms with van der Waals surface area (Å²) >= 11 is 0. The minimum absolute atomic E-state index is 0.670. The van der Waals surface area contributed by atoms with Crippen LogP contribution in [0.5, 0.6) is 0 Å². The highest BCUT2D eigenvalue weighted by Gasteiger charge is 2.11. The van der Waals surface area contributed by atoms with Crippen LogP contribution in [0.15, 0.2) is 66.9 Å². The molecule has 0 amide bonds. The summed E-state index contributed by atoms with van der Waals surface area (Å²) in [5.74, 6) is 0.670. The monoisotopic (exact) mass is 312 g/mol. The average molecular weight is 312 g/mol. The molecule has 4 rings (SSSR count). The summed E-state index contributed by atoms with van der Waals surface area (Å²) in [7, 11) is 0. The van der Waals surface area contributed by atoms with Crippen molar-refractivity contribution in [1.29, 1.82) is 0 Å². The third-order valence-corrected chi connectivity index (χ3v) is 3.85. The van der Waals surface area contributed by atoms with Crippen molar-refractivity contribution in [2.24, 2.45) is 0 Å². The second-order valence-corrected chi connectivity index (χ2v) is 5.54. The Morgan fingerprint density at radius 2 is 1.58 bits per heavy atom. The Bertz CT molecular complexity index is 1000. The first-order valence-corrected chi connectivity index (χ1v) is 7.82. The van der Waals surface area contributed by atoms with Crippen LogP contribution in [0.3, 0.4) is 0 Å². The van der Waals surface area contributed by atoms with E-state index in [4.69, 9.17) is 0 Å². The molecule has 0 aliphatic rings. The van der Waals surface area contributed by atoms with E-state index in [2.05, 4.69) is 15.1 Å². The van der Waals surface area contributed by atoms with Gasteiger partial charge < -0.3 is 0 Å². The van der Waals surface area contributed by atoms with Crippen LogP contribution in [0.2, 0.25) is 0 Å². The van der Waals surface area contributed by atoms with Gasteiger partial charge in [-0.2, -0.15) is 5.10 Å². The van der Waals surface area contributed by atoms with Crippen molar-refractivity contribution in [3.05, 3.63) is 83.9 Å². The van der Waals surface area contributed by atoms with E-state index in [1.807, 2.05) is 90.6 Å². The Balaban J connectivity index is 1.79. The number of nitrogens with zero attached hydrogens (tertiary/aromatic N) is 4. The van der Waals surface area contributed by atoms with Gasteiger partial charge in [0.2, 0.25) is 0 Å². The minimum Gasteiger partial charge on any atom is -0.236 e. The van der Waals surface area contributed by atoms with E-state index in [1.165, 1.54) is 0 Å². The van der Waals surface area contributed by atoms with Gasteiger partial charge in [0.15, 0.2) is 11.5 Å². The van der Waals surface area contributed by atoms with Gasteiger partial charge in [-0.25, -0.2) is 14.6 Å². The molecule has 0 aliphatic heterocycles. The Morgan fingerprint density at radius 3 is 2.33 bits per heavy atom. The predicted molar refractivity (Wildman–Crippen MR) is 96.8 cm³/mol. The molecular weight excluding hydrogens is 296 g/mol. The zero-order valence-electron chi connectivity index (χ0n) is 13.3. The number of fused-ring (bicyclic) bond motifs is 1. The number of aromatic nitrogens is 4. The fraction of sp³-hybridized carbons (Fsp3) is 0.0500. The fourth-order valence-corrected chi connectivity index (χ4v) is 2.62. The second-order valence-electron chi connectivity index (χ2n) is 5.54. The van der Waals surface area contributed by atoms with Crippen molar-refractivity contribution in [2.45, 2.75) is 6.92 Å². The first-order valence-electron chi connectivity index (χ1n) is 7.82. The summed E-state index contributed by atoms with van der Waals surface area (Å²) in [6.45, 7) is 1.98. The third kappa shape index (κ3) is 2.70. The van der Waals surface area contributed by atoms with Gasteiger partial charge in [-0.3, -0.25) is 0 Å². The molecule has 0 radical (unpaired) electrons. The number of para-hydroxylation sites is 1. The molecule has 0 atom stereocenters. The largest absolute Gasteiger partial charge is 0.236 e. The Morgan fingerprint density at radius 1 is 0.875 bits per heavy atom. The van der Waals surface area contributed by atoms with Crippen molar-refractivity contribution >= 4 is 23.2 Å². The lowest BCUT2D eigenvalue weighted by Crippen LogP contribution is -1.98. The highest BCUT2D eigenvalue weighted by molar-refractivity contribution is 5.80. The first-order chi connectivity index (χ1) is 11.8. The summed E-state index contributed by atoms with van der Waals surface area (Å²) in [5, 5.41) is 5.58. The van der Waals surface area contributed by atoms with Crippen LogP contribution in [0, 0.1) is 6.92 Å². The quantitative estimate of drug-likeness (QED) is 0.566. The maximum absolute atomic E-state index is 4.69. The van der Waals surface area contributed by atoms with Gasteiger partial charge in [-0.1, -0.05) is 54.6 Å². The van der Waals surface area contributed by atoms with Crippen molar-refractivity contribution in [2.75, 3.05) is 0 Å². The molecule has 2 aromatic heterocycles. The molecule has 4 nitrogen and oxygen atoms in total. The Labute approximate surface area is 140 Å². The molecule has 2 heterocycles. The van der Waals surface area contributed by atoms with Crippen LogP contribution in [0.4, 0.5) is 0 Å². The van der Waals surface area contributed by atoms with Crippen molar-refractivity contribution in [3.63, 3.8) is 0 Å². The van der Waals surface area contributed by atoms with Crippen LogP contribution >= 0.6 is 0 Å². The van der Waals surface area contributed by atoms with Gasteiger partial charge in [0.25, 0.3) is 0 Å². The number of hydrogen-bond donors (Lipinski definition) is 0. The number of hydrogen-bond acceptors (Lipinski definition) is 3. The highest BCUT2D eigenvalue weighted by Crippen LogP contribution is 2.19. The number of rotatable bonds is 3. The maximum Gasteiger partial charge on any atom is 0.167 e. The lowest BCUT2D eigenvalue weighted by molar-refractivity contribution is 0.875. The molecule has 0 fully saturated rings. The van der Waals surface area contributed by atoms with Gasteiger partial charge in [-0.15, -0.1) is 0 Å². The van der Waals surface area contributed by atoms with E-state index in [1.54, 1.807) is 0 Å². The van der Waals surface area contributed by atoms with Gasteiger partial charge in [0.1, 0.15) is 0 Å². The van der Waals surface area contributed by atoms with Gasteiger partial charge in [-0.05, 0) is 30.7 Å². The number of benzene rings is 2. The van der Waals surface area contributed by atoms with E-state index >= 15 is 0 Å². The molecule has 116 valence electrons. The summed E-state index contributed by atoms with van der Waals surface area (Å²) < 4.78 is 1.87. The molecule has 0 saturated heterocycles. The molecule has 4 aromatic rings. The van der Waals surface area contributed by atoms with Crippen LogP contribution < -0.4 is 0 Å². The van der Waals surface area contributed by atoms with Crippen LogP contribution in [0.25, 0.3) is 28.9 Å². The zero-order chi connectivity index (χ0) is 16.4. The Hall–Kier alpha value is -3.27. The SMILES string of the molecule is Cc1nn(-c2ccccc2)c2nc(C=Cc3ccccc3)ncc12.